The summed E-state index contributed by atoms with van der Waals surface area (Å²) >= 11 is 0. The summed E-state index contributed by atoms with van der Waals surface area (Å²) in [6, 6.07) is 12.3. The van der Waals surface area contributed by atoms with E-state index >= 15 is 0 Å². The summed E-state index contributed by atoms with van der Waals surface area (Å²) in [6.45, 7) is 9.34. The Kier molecular flexibility index (Phi) is 5.48. The highest BCUT2D eigenvalue weighted by Crippen LogP contribution is 2.22. The van der Waals surface area contributed by atoms with Gasteiger partial charge in [0.2, 0.25) is 0 Å². The maximum absolute atomic E-state index is 13.0. The number of rotatable bonds is 3. The molecule has 2 aromatic rings. The van der Waals surface area contributed by atoms with Crippen LogP contribution in [0.15, 0.2) is 42.6 Å². The van der Waals surface area contributed by atoms with E-state index in [0.717, 1.165) is 63.7 Å². The van der Waals surface area contributed by atoms with Crippen LogP contribution in [0.2, 0.25) is 0 Å². The van der Waals surface area contributed by atoms with Gasteiger partial charge in [-0.15, -0.1) is 0 Å². The molecule has 2 fully saturated rings. The van der Waals surface area contributed by atoms with Crippen molar-refractivity contribution in [3.05, 3.63) is 53.7 Å². The van der Waals surface area contributed by atoms with Gasteiger partial charge in [0.25, 0.3) is 5.91 Å². The van der Waals surface area contributed by atoms with E-state index in [4.69, 9.17) is 0 Å². The first-order valence-electron chi connectivity index (χ1n) is 10.1. The number of benzene rings is 1. The predicted molar refractivity (Wildman–Crippen MR) is 113 cm³/mol. The number of carbonyl (C=O) groups excluding carboxylic acids is 1. The molecule has 2 aliphatic heterocycles. The van der Waals surface area contributed by atoms with Crippen LogP contribution in [0.1, 0.15) is 15.9 Å². The van der Waals surface area contributed by atoms with Gasteiger partial charge in [0.15, 0.2) is 0 Å². The minimum atomic E-state index is 0.113. The maximum Gasteiger partial charge on any atom is 0.254 e. The van der Waals surface area contributed by atoms with Gasteiger partial charge >= 0.3 is 0 Å². The zero-order chi connectivity index (χ0) is 19.5. The van der Waals surface area contributed by atoms with Crippen LogP contribution < -0.4 is 9.80 Å². The molecule has 2 aliphatic rings. The molecule has 1 amide bonds. The Labute approximate surface area is 167 Å². The molecule has 6 heteroatoms. The molecule has 0 unspecified atom stereocenters. The lowest BCUT2D eigenvalue weighted by molar-refractivity contribution is 0.0746. The lowest BCUT2D eigenvalue weighted by atomic mass is 10.1. The molecule has 3 heterocycles. The average molecular weight is 380 g/mol. The van der Waals surface area contributed by atoms with E-state index in [-0.39, 0.29) is 5.91 Å². The number of aromatic nitrogens is 1. The topological polar surface area (TPSA) is 42.9 Å². The first-order valence-corrected chi connectivity index (χ1v) is 10.1. The molecule has 1 aromatic carbocycles. The minimum Gasteiger partial charge on any atom is -0.368 e. The summed E-state index contributed by atoms with van der Waals surface area (Å²) in [7, 11) is 2.14. The summed E-state index contributed by atoms with van der Waals surface area (Å²) in [6.07, 6.45) is 1.77. The Hall–Kier alpha value is -2.60. The number of aryl methyl sites for hydroxylation is 1. The summed E-state index contributed by atoms with van der Waals surface area (Å²) in [4.78, 5) is 26.5. The molecule has 0 atom stereocenters. The Morgan fingerprint density at radius 1 is 0.893 bits per heavy atom. The standard InChI is InChI=1S/C22H29N5O/c1-18-5-3-4-6-20(18)25-13-15-27(16-14-25)22(28)19-7-8-23-21(17-19)26-11-9-24(2)10-12-26/h3-8,17H,9-16H2,1-2H3. The van der Waals surface area contributed by atoms with Crippen LogP contribution in [-0.4, -0.2) is 80.1 Å². The number of para-hydroxylation sites is 1. The van der Waals surface area contributed by atoms with Gasteiger partial charge in [-0.2, -0.15) is 0 Å². The molecule has 1 aromatic heterocycles. The highest BCUT2D eigenvalue weighted by molar-refractivity contribution is 5.95. The van der Waals surface area contributed by atoms with Gasteiger partial charge in [0, 0.05) is 69.8 Å². The fourth-order valence-corrected chi connectivity index (χ4v) is 4.01. The Bertz CT molecular complexity index is 823. The van der Waals surface area contributed by atoms with E-state index in [2.05, 4.69) is 57.9 Å². The summed E-state index contributed by atoms with van der Waals surface area (Å²) in [5.41, 5.74) is 3.30. The molecule has 0 aliphatic carbocycles. The Balaban J connectivity index is 1.40. The van der Waals surface area contributed by atoms with Gasteiger partial charge in [-0.25, -0.2) is 4.98 Å². The average Bonchev–Trinajstić information content (AvgIpc) is 2.74. The third-order valence-electron chi connectivity index (χ3n) is 5.84. The lowest BCUT2D eigenvalue weighted by Crippen LogP contribution is -2.49. The monoisotopic (exact) mass is 379 g/mol. The number of pyridine rings is 1. The summed E-state index contributed by atoms with van der Waals surface area (Å²) in [5, 5.41) is 0. The van der Waals surface area contributed by atoms with Gasteiger partial charge in [0.05, 0.1) is 0 Å². The van der Waals surface area contributed by atoms with E-state index in [1.165, 1.54) is 11.3 Å². The van der Waals surface area contributed by atoms with Crippen molar-refractivity contribution >= 4 is 17.4 Å². The van der Waals surface area contributed by atoms with Crippen LogP contribution in [0.5, 0.6) is 0 Å². The molecule has 28 heavy (non-hydrogen) atoms. The maximum atomic E-state index is 13.0. The van der Waals surface area contributed by atoms with Crippen molar-refractivity contribution in [2.75, 3.05) is 69.2 Å². The molecule has 0 saturated carbocycles. The number of piperazine rings is 2. The van der Waals surface area contributed by atoms with Crippen LogP contribution >= 0.6 is 0 Å². The third-order valence-corrected chi connectivity index (χ3v) is 5.84. The van der Waals surface area contributed by atoms with E-state index < -0.39 is 0 Å². The van der Waals surface area contributed by atoms with Crippen LogP contribution in [-0.2, 0) is 0 Å². The number of amides is 1. The zero-order valence-electron chi connectivity index (χ0n) is 16.8. The fraction of sp³-hybridized carbons (Fsp3) is 0.455. The summed E-state index contributed by atoms with van der Waals surface area (Å²) < 4.78 is 0. The highest BCUT2D eigenvalue weighted by Gasteiger charge is 2.24. The molecule has 2 saturated heterocycles. The molecular formula is C22H29N5O. The van der Waals surface area contributed by atoms with Crippen molar-refractivity contribution in [1.82, 2.24) is 14.8 Å². The highest BCUT2D eigenvalue weighted by atomic mass is 16.2. The summed E-state index contributed by atoms with van der Waals surface area (Å²) in [5.74, 6) is 1.03. The Morgan fingerprint density at radius 3 is 2.29 bits per heavy atom. The SMILES string of the molecule is Cc1ccccc1N1CCN(C(=O)c2ccnc(N3CCN(C)CC3)c2)CC1. The largest absolute Gasteiger partial charge is 0.368 e. The quantitative estimate of drug-likeness (QED) is 0.817. The normalized spacial score (nSPS) is 18.4. The Morgan fingerprint density at radius 2 is 1.57 bits per heavy atom. The second-order valence-corrected chi connectivity index (χ2v) is 7.76. The number of anilines is 2. The van der Waals surface area contributed by atoms with Gasteiger partial charge in [-0.3, -0.25) is 4.79 Å². The molecular weight excluding hydrogens is 350 g/mol. The molecule has 0 bridgehead atoms. The van der Waals surface area contributed by atoms with Crippen LogP contribution in [0.3, 0.4) is 0 Å². The van der Waals surface area contributed by atoms with E-state index in [9.17, 15) is 4.79 Å². The van der Waals surface area contributed by atoms with Crippen molar-refractivity contribution < 1.29 is 4.79 Å². The van der Waals surface area contributed by atoms with Crippen LogP contribution in [0.4, 0.5) is 11.5 Å². The first-order chi connectivity index (χ1) is 13.6. The smallest absolute Gasteiger partial charge is 0.254 e. The number of hydrogen-bond donors (Lipinski definition) is 0. The molecule has 148 valence electrons. The van der Waals surface area contributed by atoms with E-state index in [1.54, 1.807) is 6.20 Å². The van der Waals surface area contributed by atoms with Crippen molar-refractivity contribution in [2.45, 2.75) is 6.92 Å². The second kappa shape index (κ2) is 8.19. The molecule has 4 rings (SSSR count). The predicted octanol–water partition coefficient (Wildman–Crippen LogP) is 2.10. The molecule has 0 radical (unpaired) electrons. The van der Waals surface area contributed by atoms with E-state index in [1.807, 2.05) is 17.0 Å². The molecule has 0 N–H and O–H groups in total. The minimum absolute atomic E-state index is 0.113. The zero-order valence-corrected chi connectivity index (χ0v) is 16.8. The van der Waals surface area contributed by atoms with Gasteiger partial charge in [-0.1, -0.05) is 18.2 Å². The van der Waals surface area contributed by atoms with Crippen molar-refractivity contribution in [3.63, 3.8) is 0 Å². The van der Waals surface area contributed by atoms with Crippen LogP contribution in [0.25, 0.3) is 0 Å². The van der Waals surface area contributed by atoms with Crippen LogP contribution in [0, 0.1) is 6.92 Å². The van der Waals surface area contributed by atoms with Crippen molar-refractivity contribution in [3.8, 4) is 0 Å². The molecule has 0 spiro atoms. The second-order valence-electron chi connectivity index (χ2n) is 7.76. The van der Waals surface area contributed by atoms with Crippen molar-refractivity contribution in [2.24, 2.45) is 0 Å². The van der Waals surface area contributed by atoms with Crippen molar-refractivity contribution in [1.29, 1.82) is 0 Å². The fourth-order valence-electron chi connectivity index (χ4n) is 4.01. The third kappa shape index (κ3) is 3.97. The van der Waals surface area contributed by atoms with Gasteiger partial charge in [-0.05, 0) is 37.7 Å². The van der Waals surface area contributed by atoms with E-state index in [0.29, 0.717) is 0 Å². The number of carbonyl (C=O) groups is 1. The number of nitrogens with zero attached hydrogens (tertiary/aromatic N) is 5. The number of hydrogen-bond acceptors (Lipinski definition) is 5. The first kappa shape index (κ1) is 18.7. The van der Waals surface area contributed by atoms with Gasteiger partial charge in [0.1, 0.15) is 5.82 Å². The number of likely N-dealkylation sites (N-methyl/N-ethyl adjacent to an activating group) is 1. The van der Waals surface area contributed by atoms with Gasteiger partial charge < -0.3 is 19.6 Å². The lowest BCUT2D eigenvalue weighted by Gasteiger charge is -2.37. The molecule has 6 nitrogen and oxygen atoms in total.